The molecular formula is C18H24N4. The van der Waals surface area contributed by atoms with Crippen molar-refractivity contribution in [3.05, 3.63) is 54.0 Å². The number of anilines is 1. The number of benzene rings is 1. The number of piperazine rings is 1. The number of hydrogen-bond donors (Lipinski definition) is 0. The van der Waals surface area contributed by atoms with Crippen LogP contribution in [0.4, 0.5) is 5.82 Å². The number of hydrogen-bond acceptors (Lipinski definition) is 4. The standard InChI is InChI=1S/C18H24N4/c1-15-11-19-12-17(20-15)21-9-10-22(18(2,3)14-21)13-16-7-5-4-6-8-16/h4-8,11-12H,9-10,13-14H2,1-3H3. The molecule has 22 heavy (non-hydrogen) atoms. The molecule has 0 unspecified atom stereocenters. The van der Waals surface area contributed by atoms with Gasteiger partial charge in [-0.2, -0.15) is 0 Å². The van der Waals surface area contributed by atoms with Crippen molar-refractivity contribution in [3.63, 3.8) is 0 Å². The van der Waals surface area contributed by atoms with Gasteiger partial charge >= 0.3 is 0 Å². The van der Waals surface area contributed by atoms with E-state index in [2.05, 4.69) is 63.9 Å². The van der Waals surface area contributed by atoms with Gasteiger partial charge in [0.1, 0.15) is 5.82 Å². The molecule has 0 saturated carbocycles. The molecular weight excluding hydrogens is 272 g/mol. The molecule has 1 aliphatic rings. The van der Waals surface area contributed by atoms with Crippen LogP contribution in [-0.4, -0.2) is 40.0 Å². The van der Waals surface area contributed by atoms with Gasteiger partial charge in [-0.1, -0.05) is 30.3 Å². The summed E-state index contributed by atoms with van der Waals surface area (Å²) >= 11 is 0. The van der Waals surface area contributed by atoms with Gasteiger partial charge in [-0.3, -0.25) is 9.88 Å². The third-order valence-corrected chi connectivity index (χ3v) is 4.36. The van der Waals surface area contributed by atoms with Crippen LogP contribution in [0.2, 0.25) is 0 Å². The highest BCUT2D eigenvalue weighted by Crippen LogP contribution is 2.25. The predicted molar refractivity (Wildman–Crippen MR) is 89.9 cm³/mol. The highest BCUT2D eigenvalue weighted by atomic mass is 15.3. The third kappa shape index (κ3) is 3.28. The van der Waals surface area contributed by atoms with E-state index in [0.717, 1.165) is 37.7 Å². The highest BCUT2D eigenvalue weighted by molar-refractivity contribution is 5.38. The fourth-order valence-corrected chi connectivity index (χ4v) is 3.09. The van der Waals surface area contributed by atoms with Crippen molar-refractivity contribution in [2.45, 2.75) is 32.9 Å². The zero-order valence-electron chi connectivity index (χ0n) is 13.7. The second-order valence-corrected chi connectivity index (χ2v) is 6.66. The minimum absolute atomic E-state index is 0.111. The summed E-state index contributed by atoms with van der Waals surface area (Å²) in [7, 11) is 0. The topological polar surface area (TPSA) is 32.3 Å². The monoisotopic (exact) mass is 296 g/mol. The molecule has 3 rings (SSSR count). The third-order valence-electron chi connectivity index (χ3n) is 4.36. The first-order valence-corrected chi connectivity index (χ1v) is 7.87. The van der Waals surface area contributed by atoms with Crippen LogP contribution in [0.5, 0.6) is 0 Å². The molecule has 0 aliphatic carbocycles. The molecule has 0 atom stereocenters. The SMILES string of the molecule is Cc1cncc(N2CCN(Cc3ccccc3)C(C)(C)C2)n1. The molecule has 1 aromatic carbocycles. The Morgan fingerprint density at radius 2 is 1.86 bits per heavy atom. The first-order chi connectivity index (χ1) is 10.5. The van der Waals surface area contributed by atoms with Gasteiger partial charge in [0.05, 0.1) is 11.9 Å². The molecule has 0 bridgehead atoms. The maximum absolute atomic E-state index is 4.62. The van der Waals surface area contributed by atoms with Crippen LogP contribution in [0.25, 0.3) is 0 Å². The minimum atomic E-state index is 0.111. The van der Waals surface area contributed by atoms with E-state index in [4.69, 9.17) is 0 Å². The molecule has 4 heteroatoms. The average molecular weight is 296 g/mol. The Morgan fingerprint density at radius 1 is 1.09 bits per heavy atom. The summed E-state index contributed by atoms with van der Waals surface area (Å²) < 4.78 is 0. The Hall–Kier alpha value is -1.94. The van der Waals surface area contributed by atoms with Crippen LogP contribution in [0.1, 0.15) is 25.1 Å². The smallest absolute Gasteiger partial charge is 0.147 e. The molecule has 1 aliphatic heterocycles. The number of aryl methyl sites for hydroxylation is 1. The van der Waals surface area contributed by atoms with Crippen molar-refractivity contribution >= 4 is 5.82 Å². The fraction of sp³-hybridized carbons (Fsp3) is 0.444. The molecule has 0 spiro atoms. The number of rotatable bonds is 3. The van der Waals surface area contributed by atoms with Crippen LogP contribution in [0, 0.1) is 6.92 Å². The van der Waals surface area contributed by atoms with Gasteiger partial charge in [-0.15, -0.1) is 0 Å². The number of aromatic nitrogens is 2. The summed E-state index contributed by atoms with van der Waals surface area (Å²) in [6.07, 6.45) is 3.68. The maximum Gasteiger partial charge on any atom is 0.147 e. The summed E-state index contributed by atoms with van der Waals surface area (Å²) in [4.78, 5) is 13.8. The molecule has 0 amide bonds. The Balaban J connectivity index is 1.72. The summed E-state index contributed by atoms with van der Waals surface area (Å²) in [6.45, 7) is 10.6. The molecule has 0 N–H and O–H groups in total. The van der Waals surface area contributed by atoms with Crippen LogP contribution in [0.3, 0.4) is 0 Å². The zero-order valence-corrected chi connectivity index (χ0v) is 13.7. The van der Waals surface area contributed by atoms with E-state index in [1.807, 2.05) is 13.1 Å². The Labute approximate surface area is 132 Å². The summed E-state index contributed by atoms with van der Waals surface area (Å²) in [5.41, 5.74) is 2.46. The lowest BCUT2D eigenvalue weighted by atomic mass is 9.97. The van der Waals surface area contributed by atoms with Crippen molar-refractivity contribution in [2.24, 2.45) is 0 Å². The molecule has 1 aromatic heterocycles. The van der Waals surface area contributed by atoms with E-state index in [1.54, 1.807) is 6.20 Å². The van der Waals surface area contributed by atoms with Gasteiger partial charge in [0.25, 0.3) is 0 Å². The fourth-order valence-electron chi connectivity index (χ4n) is 3.09. The van der Waals surface area contributed by atoms with E-state index in [1.165, 1.54) is 5.56 Å². The van der Waals surface area contributed by atoms with Crippen molar-refractivity contribution in [2.75, 3.05) is 24.5 Å². The molecule has 1 fully saturated rings. The molecule has 2 aromatic rings. The molecule has 116 valence electrons. The molecule has 1 saturated heterocycles. The van der Waals surface area contributed by atoms with Gasteiger partial charge in [-0.05, 0) is 26.3 Å². The summed E-state index contributed by atoms with van der Waals surface area (Å²) in [5, 5.41) is 0. The van der Waals surface area contributed by atoms with Gasteiger partial charge in [0.2, 0.25) is 0 Å². The van der Waals surface area contributed by atoms with Crippen LogP contribution in [0.15, 0.2) is 42.7 Å². The molecule has 2 heterocycles. The summed E-state index contributed by atoms with van der Waals surface area (Å²) in [6, 6.07) is 10.7. The van der Waals surface area contributed by atoms with Gasteiger partial charge in [0.15, 0.2) is 0 Å². The van der Waals surface area contributed by atoms with E-state index in [9.17, 15) is 0 Å². The minimum Gasteiger partial charge on any atom is -0.352 e. The average Bonchev–Trinajstić information content (AvgIpc) is 2.50. The second kappa shape index (κ2) is 6.05. The van der Waals surface area contributed by atoms with Crippen LogP contribution in [-0.2, 0) is 6.54 Å². The lowest BCUT2D eigenvalue weighted by molar-refractivity contribution is 0.0959. The lowest BCUT2D eigenvalue weighted by Crippen LogP contribution is -2.59. The van der Waals surface area contributed by atoms with Crippen LogP contribution < -0.4 is 4.90 Å². The van der Waals surface area contributed by atoms with Crippen molar-refractivity contribution < 1.29 is 0 Å². The van der Waals surface area contributed by atoms with Crippen molar-refractivity contribution in [1.82, 2.24) is 14.9 Å². The van der Waals surface area contributed by atoms with Gasteiger partial charge in [-0.25, -0.2) is 4.98 Å². The Kier molecular flexibility index (Phi) is 4.12. The van der Waals surface area contributed by atoms with Crippen LogP contribution >= 0.6 is 0 Å². The Morgan fingerprint density at radius 3 is 2.55 bits per heavy atom. The van der Waals surface area contributed by atoms with Gasteiger partial charge in [0, 0.05) is 37.9 Å². The van der Waals surface area contributed by atoms with Crippen molar-refractivity contribution in [1.29, 1.82) is 0 Å². The number of nitrogens with zero attached hydrogens (tertiary/aromatic N) is 4. The quantitative estimate of drug-likeness (QED) is 0.872. The first kappa shape index (κ1) is 15.0. The normalized spacial score (nSPS) is 18.4. The van der Waals surface area contributed by atoms with E-state index >= 15 is 0 Å². The first-order valence-electron chi connectivity index (χ1n) is 7.87. The van der Waals surface area contributed by atoms with E-state index in [-0.39, 0.29) is 5.54 Å². The largest absolute Gasteiger partial charge is 0.352 e. The molecule has 4 nitrogen and oxygen atoms in total. The van der Waals surface area contributed by atoms with E-state index < -0.39 is 0 Å². The lowest BCUT2D eigenvalue weighted by Gasteiger charge is -2.47. The predicted octanol–water partition coefficient (Wildman–Crippen LogP) is 2.89. The Bertz CT molecular complexity index is 624. The zero-order chi connectivity index (χ0) is 15.6. The second-order valence-electron chi connectivity index (χ2n) is 6.66. The highest BCUT2D eigenvalue weighted by Gasteiger charge is 2.34. The van der Waals surface area contributed by atoms with Crippen molar-refractivity contribution in [3.8, 4) is 0 Å². The molecule has 0 radical (unpaired) electrons. The maximum atomic E-state index is 4.62. The summed E-state index contributed by atoms with van der Waals surface area (Å²) in [5.74, 6) is 0.993. The van der Waals surface area contributed by atoms with E-state index in [0.29, 0.717) is 0 Å². The van der Waals surface area contributed by atoms with Gasteiger partial charge < -0.3 is 4.90 Å².